The van der Waals surface area contributed by atoms with E-state index in [1.54, 1.807) is 18.6 Å². The normalized spacial score (nSPS) is 10.6. The van der Waals surface area contributed by atoms with Crippen LogP contribution in [0, 0.1) is 5.82 Å². The van der Waals surface area contributed by atoms with Crippen molar-refractivity contribution in [3.05, 3.63) is 36.7 Å². The average Bonchev–Trinajstić information content (AvgIpc) is 2.97. The van der Waals surface area contributed by atoms with Gasteiger partial charge in [0, 0.05) is 37.6 Å². The molecule has 0 aliphatic heterocycles. The van der Waals surface area contributed by atoms with E-state index in [0.29, 0.717) is 18.0 Å². The maximum Gasteiger partial charge on any atom is 0.167 e. The number of aromatic nitrogens is 2. The summed E-state index contributed by atoms with van der Waals surface area (Å²) in [6, 6.07) is 2.92. The summed E-state index contributed by atoms with van der Waals surface area (Å²) in [5, 5.41) is 3.21. The number of rotatable bonds is 8. The summed E-state index contributed by atoms with van der Waals surface area (Å²) in [6.07, 6.45) is 7.20. The highest BCUT2D eigenvalue weighted by Gasteiger charge is 2.08. The third kappa shape index (κ3) is 4.37. The van der Waals surface area contributed by atoms with Crippen molar-refractivity contribution in [1.82, 2.24) is 9.55 Å². The van der Waals surface area contributed by atoms with E-state index in [-0.39, 0.29) is 5.75 Å². The number of halogens is 1. The first-order valence-electron chi connectivity index (χ1n) is 7.12. The molecule has 1 aromatic heterocycles. The summed E-state index contributed by atoms with van der Waals surface area (Å²) in [7, 11) is 0. The second-order valence-corrected chi connectivity index (χ2v) is 4.80. The number of nitrogen functional groups attached to an aromatic ring is 1. The Kier molecular flexibility index (Phi) is 5.43. The van der Waals surface area contributed by atoms with Crippen LogP contribution in [0.1, 0.15) is 19.8 Å². The number of nitrogens with two attached hydrogens (primary N) is 1. The summed E-state index contributed by atoms with van der Waals surface area (Å²) in [5.74, 6) is -0.187. The van der Waals surface area contributed by atoms with Gasteiger partial charge < -0.3 is 20.4 Å². The lowest BCUT2D eigenvalue weighted by molar-refractivity contribution is 0.301. The number of anilines is 2. The van der Waals surface area contributed by atoms with Gasteiger partial charge in [-0.25, -0.2) is 9.37 Å². The summed E-state index contributed by atoms with van der Waals surface area (Å²) >= 11 is 0. The second kappa shape index (κ2) is 7.52. The quantitative estimate of drug-likeness (QED) is 0.580. The fourth-order valence-corrected chi connectivity index (χ4v) is 1.95. The molecule has 0 bridgehead atoms. The predicted molar refractivity (Wildman–Crippen MR) is 81.9 cm³/mol. The Morgan fingerprint density at radius 3 is 3.00 bits per heavy atom. The molecule has 0 aliphatic rings. The molecule has 1 heterocycles. The van der Waals surface area contributed by atoms with E-state index in [2.05, 4.69) is 10.3 Å². The van der Waals surface area contributed by atoms with E-state index in [0.717, 1.165) is 25.9 Å². The van der Waals surface area contributed by atoms with Gasteiger partial charge in [0.2, 0.25) is 0 Å². The lowest BCUT2D eigenvalue weighted by Crippen LogP contribution is -2.08. The van der Waals surface area contributed by atoms with Gasteiger partial charge in [0.15, 0.2) is 11.6 Å². The van der Waals surface area contributed by atoms with Crippen LogP contribution in [0.4, 0.5) is 15.8 Å². The van der Waals surface area contributed by atoms with Crippen LogP contribution in [0.15, 0.2) is 30.9 Å². The lowest BCUT2D eigenvalue weighted by atomic mass is 10.2. The average molecular weight is 292 g/mol. The van der Waals surface area contributed by atoms with Gasteiger partial charge >= 0.3 is 0 Å². The van der Waals surface area contributed by atoms with Crippen LogP contribution < -0.4 is 15.8 Å². The second-order valence-electron chi connectivity index (χ2n) is 4.80. The first kappa shape index (κ1) is 15.2. The van der Waals surface area contributed by atoms with E-state index >= 15 is 0 Å². The van der Waals surface area contributed by atoms with E-state index in [1.807, 2.05) is 17.7 Å². The van der Waals surface area contributed by atoms with Crippen LogP contribution in [-0.4, -0.2) is 22.7 Å². The number of nitrogens with one attached hydrogen (secondary N) is 1. The number of nitrogens with zero attached hydrogens (tertiary/aromatic N) is 2. The Labute approximate surface area is 123 Å². The molecule has 0 amide bonds. The number of ether oxygens (including phenoxy) is 1. The molecule has 0 aliphatic carbocycles. The largest absolute Gasteiger partial charge is 0.490 e. The van der Waals surface area contributed by atoms with Gasteiger partial charge in [-0.05, 0) is 12.8 Å². The molecule has 5 nitrogen and oxygen atoms in total. The van der Waals surface area contributed by atoms with Crippen LogP contribution in [0.5, 0.6) is 5.75 Å². The predicted octanol–water partition coefficient (Wildman–Crippen LogP) is 2.90. The Balaban J connectivity index is 1.89. The van der Waals surface area contributed by atoms with Crippen LogP contribution >= 0.6 is 0 Å². The zero-order valence-electron chi connectivity index (χ0n) is 12.2. The molecule has 0 saturated carbocycles. The molecule has 2 rings (SSSR count). The molecule has 21 heavy (non-hydrogen) atoms. The maximum absolute atomic E-state index is 13.7. The van der Waals surface area contributed by atoms with Crippen LogP contribution in [-0.2, 0) is 6.54 Å². The zero-order valence-corrected chi connectivity index (χ0v) is 12.2. The third-order valence-electron chi connectivity index (χ3n) is 3.03. The summed E-state index contributed by atoms with van der Waals surface area (Å²) < 4.78 is 21.1. The van der Waals surface area contributed by atoms with Gasteiger partial charge in [-0.1, -0.05) is 6.92 Å². The fourth-order valence-electron chi connectivity index (χ4n) is 1.95. The fraction of sp³-hybridized carbons (Fsp3) is 0.400. The summed E-state index contributed by atoms with van der Waals surface area (Å²) in [5.41, 5.74) is 6.91. The monoisotopic (exact) mass is 292 g/mol. The molecule has 3 N–H and O–H groups in total. The van der Waals surface area contributed by atoms with Crippen molar-refractivity contribution in [3.63, 3.8) is 0 Å². The van der Waals surface area contributed by atoms with Crippen molar-refractivity contribution in [2.75, 3.05) is 24.2 Å². The Morgan fingerprint density at radius 1 is 1.43 bits per heavy atom. The van der Waals surface area contributed by atoms with Gasteiger partial charge in [0.1, 0.15) is 0 Å². The number of hydrogen-bond donors (Lipinski definition) is 2. The molecular formula is C15H21FN4O. The highest BCUT2D eigenvalue weighted by molar-refractivity contribution is 5.68. The van der Waals surface area contributed by atoms with Gasteiger partial charge in [0.05, 0.1) is 24.3 Å². The van der Waals surface area contributed by atoms with Crippen LogP contribution in [0.2, 0.25) is 0 Å². The zero-order chi connectivity index (χ0) is 15.1. The summed E-state index contributed by atoms with van der Waals surface area (Å²) in [6.45, 7) is 4.07. The van der Waals surface area contributed by atoms with Crippen molar-refractivity contribution < 1.29 is 9.13 Å². The smallest absolute Gasteiger partial charge is 0.167 e. The Morgan fingerprint density at radius 2 is 2.29 bits per heavy atom. The SMILES string of the molecule is CCCOc1cc(NCCCn2ccnc2)c(N)cc1F. The molecule has 0 atom stereocenters. The number of hydrogen-bond acceptors (Lipinski definition) is 4. The van der Waals surface area contributed by atoms with Crippen molar-refractivity contribution in [1.29, 1.82) is 0 Å². The van der Waals surface area contributed by atoms with Gasteiger partial charge in [-0.3, -0.25) is 0 Å². The molecule has 114 valence electrons. The van der Waals surface area contributed by atoms with E-state index in [4.69, 9.17) is 10.5 Å². The molecular weight excluding hydrogens is 271 g/mol. The van der Waals surface area contributed by atoms with Gasteiger partial charge in [0.25, 0.3) is 0 Å². The minimum absolute atomic E-state index is 0.239. The third-order valence-corrected chi connectivity index (χ3v) is 3.03. The summed E-state index contributed by atoms with van der Waals surface area (Å²) in [4.78, 5) is 3.99. The molecule has 0 fully saturated rings. The molecule has 0 radical (unpaired) electrons. The molecule has 1 aromatic carbocycles. The number of benzene rings is 1. The first-order valence-corrected chi connectivity index (χ1v) is 7.12. The molecule has 0 saturated heterocycles. The van der Waals surface area contributed by atoms with Crippen molar-refractivity contribution >= 4 is 11.4 Å². The molecule has 2 aromatic rings. The van der Waals surface area contributed by atoms with Crippen LogP contribution in [0.3, 0.4) is 0 Å². The highest BCUT2D eigenvalue weighted by Crippen LogP contribution is 2.28. The van der Waals surface area contributed by atoms with Crippen molar-refractivity contribution in [3.8, 4) is 5.75 Å². The maximum atomic E-state index is 13.7. The lowest BCUT2D eigenvalue weighted by Gasteiger charge is -2.13. The Bertz CT molecular complexity index is 557. The minimum Gasteiger partial charge on any atom is -0.490 e. The topological polar surface area (TPSA) is 65.1 Å². The highest BCUT2D eigenvalue weighted by atomic mass is 19.1. The minimum atomic E-state index is -0.426. The van der Waals surface area contributed by atoms with E-state index in [9.17, 15) is 4.39 Å². The molecule has 0 unspecified atom stereocenters. The van der Waals surface area contributed by atoms with Crippen LogP contribution in [0.25, 0.3) is 0 Å². The molecule has 6 heteroatoms. The number of aryl methyl sites for hydroxylation is 1. The molecule has 0 spiro atoms. The van der Waals surface area contributed by atoms with Crippen molar-refractivity contribution in [2.24, 2.45) is 0 Å². The Hall–Kier alpha value is -2.24. The van der Waals surface area contributed by atoms with E-state index in [1.165, 1.54) is 6.07 Å². The van der Waals surface area contributed by atoms with E-state index < -0.39 is 5.82 Å². The first-order chi connectivity index (χ1) is 10.2. The van der Waals surface area contributed by atoms with Gasteiger partial charge in [-0.2, -0.15) is 0 Å². The van der Waals surface area contributed by atoms with Gasteiger partial charge in [-0.15, -0.1) is 0 Å². The van der Waals surface area contributed by atoms with Crippen molar-refractivity contribution in [2.45, 2.75) is 26.3 Å². The standard InChI is InChI=1S/C15H21FN4O/c1-2-8-21-15-10-14(13(17)9-12(15)16)19-4-3-6-20-7-5-18-11-20/h5,7,9-11,19H,2-4,6,8,17H2,1H3. The number of imidazole rings is 1.